The zero-order chi connectivity index (χ0) is 19.9. The van der Waals surface area contributed by atoms with E-state index in [2.05, 4.69) is 24.4 Å². The molecule has 1 atom stereocenters. The van der Waals surface area contributed by atoms with Crippen LogP contribution in [0.15, 0.2) is 66.7 Å². The summed E-state index contributed by atoms with van der Waals surface area (Å²) in [5, 5.41) is 4.68. The molecule has 154 valence electrons. The molecule has 0 aliphatic heterocycles. The van der Waals surface area contributed by atoms with E-state index in [0.717, 1.165) is 11.1 Å². The highest BCUT2D eigenvalue weighted by Gasteiger charge is 2.14. The van der Waals surface area contributed by atoms with Gasteiger partial charge in [-0.2, -0.15) is 0 Å². The Hall–Kier alpha value is -1.91. The quantitative estimate of drug-likeness (QED) is 0.569. The van der Waals surface area contributed by atoms with Gasteiger partial charge in [0.25, 0.3) is 0 Å². The molecule has 0 saturated heterocycles. The van der Waals surface area contributed by atoms with Gasteiger partial charge in [-0.15, -0.1) is 0 Å². The first-order valence-electron chi connectivity index (χ1n) is 9.09. The number of benzene rings is 3. The third-order valence-electron chi connectivity index (χ3n) is 4.53. The number of nitrogens with one attached hydrogen (secondary N) is 1. The van der Waals surface area contributed by atoms with Gasteiger partial charge in [-0.05, 0) is 36.2 Å². The highest BCUT2D eigenvalue weighted by Crippen LogP contribution is 2.37. The van der Waals surface area contributed by atoms with Crippen LogP contribution in [-0.2, 0) is 13.2 Å². The Kier molecular flexibility index (Phi) is 9.12. The smallest absolute Gasteiger partial charge is 0.180 e. The van der Waals surface area contributed by atoms with Crippen molar-refractivity contribution in [1.82, 2.24) is 5.32 Å². The molecule has 0 heterocycles. The Labute approximate surface area is 188 Å². The topological polar surface area (TPSA) is 30.5 Å². The fourth-order valence-corrected chi connectivity index (χ4v) is 3.39. The number of hydrogen-bond acceptors (Lipinski definition) is 3. The van der Waals surface area contributed by atoms with Gasteiger partial charge < -0.3 is 27.2 Å². The first-order valence-corrected chi connectivity index (χ1v) is 9.85. The van der Waals surface area contributed by atoms with Gasteiger partial charge >= 0.3 is 0 Å². The average Bonchev–Trinajstić information content (AvgIpc) is 2.72. The third-order valence-corrected chi connectivity index (χ3v) is 5.18. The fourth-order valence-electron chi connectivity index (χ4n) is 2.91. The highest BCUT2D eigenvalue weighted by atomic mass is 35.5. The average molecular weight is 452 g/mol. The van der Waals surface area contributed by atoms with Crippen LogP contribution in [0.5, 0.6) is 11.5 Å². The van der Waals surface area contributed by atoms with Crippen LogP contribution < -0.4 is 27.2 Å². The van der Waals surface area contributed by atoms with Crippen LogP contribution in [0.3, 0.4) is 0 Å². The lowest BCUT2D eigenvalue weighted by molar-refractivity contribution is -0.00000609. The number of hydrogen-bond donors (Lipinski definition) is 1. The molecule has 0 aliphatic rings. The first kappa shape index (κ1) is 23.4. The molecule has 3 aromatic carbocycles. The second kappa shape index (κ2) is 11.3. The first-order chi connectivity index (χ1) is 13.6. The van der Waals surface area contributed by atoms with Gasteiger partial charge in [-0.25, -0.2) is 0 Å². The van der Waals surface area contributed by atoms with E-state index in [1.54, 1.807) is 7.11 Å². The van der Waals surface area contributed by atoms with Gasteiger partial charge in [0, 0.05) is 23.2 Å². The Bertz CT molecular complexity index is 919. The van der Waals surface area contributed by atoms with Crippen LogP contribution in [0.25, 0.3) is 0 Å². The van der Waals surface area contributed by atoms with Gasteiger partial charge in [0.1, 0.15) is 6.61 Å². The van der Waals surface area contributed by atoms with Crippen molar-refractivity contribution in [2.45, 2.75) is 26.1 Å². The van der Waals surface area contributed by atoms with Crippen LogP contribution in [0.2, 0.25) is 10.0 Å². The second-order valence-electron chi connectivity index (χ2n) is 6.50. The Morgan fingerprint density at radius 2 is 1.62 bits per heavy atom. The van der Waals surface area contributed by atoms with E-state index in [9.17, 15) is 0 Å². The molecular weight excluding hydrogens is 429 g/mol. The molecule has 0 fully saturated rings. The minimum absolute atomic E-state index is 0. The maximum absolute atomic E-state index is 6.49. The minimum atomic E-state index is 0. The van der Waals surface area contributed by atoms with Crippen molar-refractivity contribution in [3.8, 4) is 11.5 Å². The predicted octanol–water partition coefficient (Wildman–Crippen LogP) is 3.44. The number of rotatable bonds is 8. The van der Waals surface area contributed by atoms with Gasteiger partial charge in [0.15, 0.2) is 11.5 Å². The Balaban J connectivity index is 0.00000300. The summed E-state index contributed by atoms with van der Waals surface area (Å²) in [4.78, 5) is 0. The fraction of sp³-hybridized carbons (Fsp3) is 0.217. The molecule has 0 bridgehead atoms. The molecular formula is C23H23Cl3NO2-. The molecule has 3 rings (SSSR count). The van der Waals surface area contributed by atoms with E-state index in [1.165, 1.54) is 5.56 Å². The lowest BCUT2D eigenvalue weighted by atomic mass is 10.1. The summed E-state index contributed by atoms with van der Waals surface area (Å²) in [6.07, 6.45) is 0. The maximum atomic E-state index is 6.49. The standard InChI is InChI=1S/C23H23Cl2NO2.ClH/c1-16(18-8-4-3-5-9-18)26-14-17-12-21(25)23(22(13-17)27-2)28-15-19-10-6-7-11-20(19)24;/h3-13,16,26H,14-15H2,1-2H3;1H/p-1. The molecule has 0 amide bonds. The second-order valence-corrected chi connectivity index (χ2v) is 7.32. The number of halogens is 3. The summed E-state index contributed by atoms with van der Waals surface area (Å²) in [6.45, 7) is 3.12. The van der Waals surface area contributed by atoms with Crippen LogP contribution >= 0.6 is 23.2 Å². The summed E-state index contributed by atoms with van der Waals surface area (Å²) in [5.74, 6) is 1.12. The summed E-state index contributed by atoms with van der Waals surface area (Å²) in [7, 11) is 1.61. The van der Waals surface area contributed by atoms with Crippen molar-refractivity contribution in [3.05, 3.63) is 93.5 Å². The normalized spacial score (nSPS) is 11.4. The lowest BCUT2D eigenvalue weighted by Crippen LogP contribution is -3.00. The third kappa shape index (κ3) is 6.28. The van der Waals surface area contributed by atoms with E-state index in [0.29, 0.717) is 34.7 Å². The van der Waals surface area contributed by atoms with Crippen LogP contribution in [-0.4, -0.2) is 7.11 Å². The summed E-state index contributed by atoms with van der Waals surface area (Å²) < 4.78 is 11.4. The monoisotopic (exact) mass is 450 g/mol. The van der Waals surface area contributed by atoms with Crippen molar-refractivity contribution in [2.75, 3.05) is 7.11 Å². The van der Waals surface area contributed by atoms with Crippen LogP contribution in [0.1, 0.15) is 29.7 Å². The maximum Gasteiger partial charge on any atom is 0.180 e. The van der Waals surface area contributed by atoms with E-state index < -0.39 is 0 Å². The zero-order valence-corrected chi connectivity index (χ0v) is 18.6. The lowest BCUT2D eigenvalue weighted by Gasteiger charge is -2.17. The van der Waals surface area contributed by atoms with Crippen LogP contribution in [0.4, 0.5) is 0 Å². The summed E-state index contributed by atoms with van der Waals surface area (Å²) >= 11 is 12.7. The largest absolute Gasteiger partial charge is 1.00 e. The Morgan fingerprint density at radius 1 is 0.931 bits per heavy atom. The van der Waals surface area contributed by atoms with Crippen molar-refractivity contribution >= 4 is 23.2 Å². The molecule has 1 unspecified atom stereocenters. The molecule has 6 heteroatoms. The van der Waals surface area contributed by atoms with Gasteiger partial charge in [0.2, 0.25) is 0 Å². The van der Waals surface area contributed by atoms with Gasteiger partial charge in [-0.1, -0.05) is 71.7 Å². The van der Waals surface area contributed by atoms with Crippen molar-refractivity contribution in [2.24, 2.45) is 0 Å². The van der Waals surface area contributed by atoms with Crippen molar-refractivity contribution in [1.29, 1.82) is 0 Å². The molecule has 0 aromatic heterocycles. The minimum Gasteiger partial charge on any atom is -1.00 e. The van der Waals surface area contributed by atoms with Gasteiger partial charge in [-0.3, -0.25) is 0 Å². The van der Waals surface area contributed by atoms with Crippen molar-refractivity contribution < 1.29 is 21.9 Å². The zero-order valence-electron chi connectivity index (χ0n) is 16.3. The molecule has 29 heavy (non-hydrogen) atoms. The van der Waals surface area contributed by atoms with Crippen LogP contribution in [0, 0.1) is 0 Å². The predicted molar refractivity (Wildman–Crippen MR) is 115 cm³/mol. The molecule has 3 aromatic rings. The Morgan fingerprint density at radius 3 is 2.31 bits per heavy atom. The molecule has 3 nitrogen and oxygen atoms in total. The van der Waals surface area contributed by atoms with Crippen molar-refractivity contribution in [3.63, 3.8) is 0 Å². The highest BCUT2D eigenvalue weighted by molar-refractivity contribution is 6.32. The van der Waals surface area contributed by atoms with E-state index in [-0.39, 0.29) is 18.4 Å². The SMILES string of the molecule is COc1cc(CNC(C)c2ccccc2)cc(Cl)c1OCc1ccccc1Cl.[Cl-]. The number of methoxy groups -OCH3 is 1. The summed E-state index contributed by atoms with van der Waals surface area (Å²) in [6, 6.07) is 21.9. The molecule has 0 saturated carbocycles. The van der Waals surface area contributed by atoms with E-state index >= 15 is 0 Å². The summed E-state index contributed by atoms with van der Waals surface area (Å²) in [5.41, 5.74) is 3.15. The van der Waals surface area contributed by atoms with E-state index in [4.69, 9.17) is 32.7 Å². The molecule has 1 N–H and O–H groups in total. The number of ether oxygens (including phenoxy) is 2. The van der Waals surface area contributed by atoms with Gasteiger partial charge in [0.05, 0.1) is 12.1 Å². The van der Waals surface area contributed by atoms with E-state index in [1.807, 2.05) is 54.6 Å². The molecule has 0 radical (unpaired) electrons. The molecule has 0 spiro atoms. The molecule has 0 aliphatic carbocycles.